The zero-order chi connectivity index (χ0) is 18.6. The van der Waals surface area contributed by atoms with E-state index in [1.165, 1.54) is 17.7 Å². The normalized spacial score (nSPS) is 10.8. The van der Waals surface area contributed by atoms with E-state index in [0.29, 0.717) is 35.2 Å². The summed E-state index contributed by atoms with van der Waals surface area (Å²) in [5.41, 5.74) is 0.788. The van der Waals surface area contributed by atoms with Crippen LogP contribution in [0.1, 0.15) is 36.0 Å². The lowest BCUT2D eigenvalue weighted by Crippen LogP contribution is -2.39. The number of aromatic nitrogens is 2. The highest BCUT2D eigenvalue weighted by molar-refractivity contribution is 7.20. The molecule has 25 heavy (non-hydrogen) atoms. The summed E-state index contributed by atoms with van der Waals surface area (Å²) >= 11 is 1.29. The molecule has 0 saturated heterocycles. The van der Waals surface area contributed by atoms with Crippen molar-refractivity contribution in [2.45, 2.75) is 27.7 Å². The van der Waals surface area contributed by atoms with E-state index < -0.39 is 0 Å². The number of ether oxygens (including phenoxy) is 1. The fourth-order valence-corrected chi connectivity index (χ4v) is 3.72. The number of esters is 1. The lowest BCUT2D eigenvalue weighted by atomic mass is 10.2. The van der Waals surface area contributed by atoms with E-state index in [1.54, 1.807) is 16.7 Å². The second kappa shape index (κ2) is 8.24. The van der Waals surface area contributed by atoms with Crippen LogP contribution in [-0.4, -0.2) is 60.0 Å². The average Bonchev–Trinajstić information content (AvgIpc) is 2.93. The number of amides is 1. The van der Waals surface area contributed by atoms with Gasteiger partial charge < -0.3 is 14.5 Å². The lowest BCUT2D eigenvalue weighted by molar-refractivity contribution is -0.129. The van der Waals surface area contributed by atoms with Crippen molar-refractivity contribution in [2.24, 2.45) is 0 Å². The van der Waals surface area contributed by atoms with Gasteiger partial charge in [-0.3, -0.25) is 4.79 Å². The fraction of sp³-hybridized carbons (Fsp3) is 0.529. The van der Waals surface area contributed by atoms with Crippen LogP contribution >= 0.6 is 11.3 Å². The van der Waals surface area contributed by atoms with E-state index in [0.717, 1.165) is 10.9 Å². The van der Waals surface area contributed by atoms with Gasteiger partial charge in [0.15, 0.2) is 0 Å². The molecule has 7 nitrogen and oxygen atoms in total. The highest BCUT2D eigenvalue weighted by atomic mass is 32.1. The lowest BCUT2D eigenvalue weighted by Gasteiger charge is -2.24. The average molecular weight is 364 g/mol. The molecule has 2 aromatic rings. The monoisotopic (exact) mass is 364 g/mol. The molecule has 0 aromatic carbocycles. The molecule has 0 radical (unpaired) electrons. The van der Waals surface area contributed by atoms with Crippen molar-refractivity contribution < 1.29 is 14.3 Å². The summed E-state index contributed by atoms with van der Waals surface area (Å²) in [6.45, 7) is 9.44. The number of thiophene rings is 1. The van der Waals surface area contributed by atoms with E-state index >= 15 is 0 Å². The van der Waals surface area contributed by atoms with Crippen molar-refractivity contribution in [1.82, 2.24) is 14.9 Å². The van der Waals surface area contributed by atoms with Crippen molar-refractivity contribution >= 4 is 39.2 Å². The summed E-state index contributed by atoms with van der Waals surface area (Å²) < 4.78 is 5.11. The second-order valence-electron chi connectivity index (χ2n) is 5.58. The second-order valence-corrected chi connectivity index (χ2v) is 6.58. The first-order valence-electron chi connectivity index (χ1n) is 8.34. The maximum absolute atomic E-state index is 12.4. The van der Waals surface area contributed by atoms with Crippen molar-refractivity contribution in [3.63, 3.8) is 0 Å². The van der Waals surface area contributed by atoms with Gasteiger partial charge >= 0.3 is 5.97 Å². The van der Waals surface area contributed by atoms with E-state index in [-0.39, 0.29) is 18.4 Å². The molecule has 0 fully saturated rings. The highest BCUT2D eigenvalue weighted by Gasteiger charge is 2.22. The van der Waals surface area contributed by atoms with Gasteiger partial charge in [0.1, 0.15) is 21.9 Å². The Morgan fingerprint density at radius 3 is 2.48 bits per heavy atom. The molecule has 8 heteroatoms. The summed E-state index contributed by atoms with van der Waals surface area (Å²) in [6.07, 6.45) is 1.46. The van der Waals surface area contributed by atoms with E-state index in [2.05, 4.69) is 9.97 Å². The van der Waals surface area contributed by atoms with Crippen molar-refractivity contribution in [3.05, 3.63) is 16.8 Å². The number of fused-ring (bicyclic) bond motifs is 1. The molecular weight excluding hydrogens is 340 g/mol. The molecule has 1 amide bonds. The van der Waals surface area contributed by atoms with Crippen LogP contribution in [0.25, 0.3) is 10.2 Å². The minimum atomic E-state index is -0.351. The fourth-order valence-electron chi connectivity index (χ4n) is 2.69. The Bertz CT molecular complexity index is 771. The van der Waals surface area contributed by atoms with Gasteiger partial charge in [0, 0.05) is 20.1 Å². The van der Waals surface area contributed by atoms with Crippen LogP contribution in [-0.2, 0) is 9.53 Å². The summed E-state index contributed by atoms with van der Waals surface area (Å²) in [6, 6.07) is 0. The van der Waals surface area contributed by atoms with Crippen molar-refractivity contribution in [2.75, 3.05) is 38.2 Å². The number of carbonyl (C=O) groups excluding carboxylic acids is 2. The molecule has 0 spiro atoms. The SMILES string of the molecule is CCOC(=O)c1sc2ncnc(N(C)CC(=O)N(CC)CC)c2c1C. The van der Waals surface area contributed by atoms with Gasteiger partial charge in [-0.25, -0.2) is 14.8 Å². The van der Waals surface area contributed by atoms with Crippen LogP contribution in [0.15, 0.2) is 6.33 Å². The number of anilines is 1. The molecular formula is C17H24N4O3S. The van der Waals surface area contributed by atoms with Crippen LogP contribution in [0.3, 0.4) is 0 Å². The number of rotatable bonds is 7. The predicted molar refractivity (Wildman–Crippen MR) is 99.3 cm³/mol. The summed E-state index contributed by atoms with van der Waals surface area (Å²) in [4.78, 5) is 38.0. The maximum Gasteiger partial charge on any atom is 0.348 e. The van der Waals surface area contributed by atoms with Gasteiger partial charge in [-0.2, -0.15) is 0 Å². The minimum absolute atomic E-state index is 0.0396. The van der Waals surface area contributed by atoms with Crippen LogP contribution < -0.4 is 4.90 Å². The third-order valence-electron chi connectivity index (χ3n) is 4.02. The number of likely N-dealkylation sites (N-methyl/N-ethyl adjacent to an activating group) is 2. The summed E-state index contributed by atoms with van der Waals surface area (Å²) in [5, 5.41) is 0.797. The number of carbonyl (C=O) groups is 2. The van der Waals surface area contributed by atoms with Gasteiger partial charge in [0.05, 0.1) is 18.5 Å². The van der Waals surface area contributed by atoms with Gasteiger partial charge in [0.25, 0.3) is 0 Å². The highest BCUT2D eigenvalue weighted by Crippen LogP contribution is 2.34. The Kier molecular flexibility index (Phi) is 6.30. The first-order chi connectivity index (χ1) is 11.9. The van der Waals surface area contributed by atoms with Crippen LogP contribution in [0.5, 0.6) is 0 Å². The zero-order valence-electron chi connectivity index (χ0n) is 15.3. The van der Waals surface area contributed by atoms with E-state index in [4.69, 9.17) is 4.74 Å². The van der Waals surface area contributed by atoms with E-state index in [9.17, 15) is 9.59 Å². The number of hydrogen-bond donors (Lipinski definition) is 0. The van der Waals surface area contributed by atoms with Crippen molar-refractivity contribution in [3.8, 4) is 0 Å². The van der Waals surface area contributed by atoms with Gasteiger partial charge in [0.2, 0.25) is 5.91 Å². The molecule has 2 aromatic heterocycles. The van der Waals surface area contributed by atoms with E-state index in [1.807, 2.05) is 27.8 Å². The molecule has 0 aliphatic heterocycles. The number of nitrogens with zero attached hydrogens (tertiary/aromatic N) is 4. The summed E-state index contributed by atoms with van der Waals surface area (Å²) in [5.74, 6) is 0.336. The Morgan fingerprint density at radius 2 is 1.88 bits per heavy atom. The molecule has 0 aliphatic carbocycles. The quantitative estimate of drug-likeness (QED) is 0.703. The maximum atomic E-state index is 12.4. The van der Waals surface area contributed by atoms with Crippen LogP contribution in [0, 0.1) is 6.92 Å². The molecule has 0 aliphatic rings. The first kappa shape index (κ1) is 19.1. The molecule has 0 bridgehead atoms. The van der Waals surface area contributed by atoms with Gasteiger partial charge in [-0.05, 0) is 33.3 Å². The Labute approximate surface area is 151 Å². The Hall–Kier alpha value is -2.22. The van der Waals surface area contributed by atoms with Crippen LogP contribution in [0.4, 0.5) is 5.82 Å². The topological polar surface area (TPSA) is 75.6 Å². The minimum Gasteiger partial charge on any atom is -0.462 e. The molecule has 0 saturated carbocycles. The Morgan fingerprint density at radius 1 is 1.20 bits per heavy atom. The first-order valence-corrected chi connectivity index (χ1v) is 9.16. The molecule has 2 heterocycles. The van der Waals surface area contributed by atoms with Gasteiger partial charge in [-0.1, -0.05) is 0 Å². The third kappa shape index (κ3) is 3.89. The largest absolute Gasteiger partial charge is 0.462 e. The molecule has 0 unspecified atom stereocenters. The van der Waals surface area contributed by atoms with Crippen molar-refractivity contribution in [1.29, 1.82) is 0 Å². The summed E-state index contributed by atoms with van der Waals surface area (Å²) in [7, 11) is 1.82. The molecule has 136 valence electrons. The molecule has 2 rings (SSSR count). The van der Waals surface area contributed by atoms with Gasteiger partial charge in [-0.15, -0.1) is 11.3 Å². The van der Waals surface area contributed by atoms with Crippen LogP contribution in [0.2, 0.25) is 0 Å². The third-order valence-corrected chi connectivity index (χ3v) is 5.20. The number of aryl methyl sites for hydroxylation is 1. The smallest absolute Gasteiger partial charge is 0.348 e. The predicted octanol–water partition coefficient (Wildman–Crippen LogP) is 2.48. The Balaban J connectivity index is 2.38. The molecule has 0 N–H and O–H groups in total. The standard InChI is InChI=1S/C17H24N4O3S/c1-6-21(7-2)12(22)9-20(5)15-13-11(4)14(17(23)24-8-3)25-16(13)19-10-18-15/h10H,6-9H2,1-5H3. The number of hydrogen-bond acceptors (Lipinski definition) is 7. The molecule has 0 atom stereocenters. The zero-order valence-corrected chi connectivity index (χ0v) is 16.1.